The van der Waals surface area contributed by atoms with Crippen LogP contribution in [-0.4, -0.2) is 59.5 Å². The first-order valence-electron chi connectivity index (χ1n) is 13.0. The number of para-hydroxylation sites is 1. The second-order valence-corrected chi connectivity index (χ2v) is 9.31. The Bertz CT molecular complexity index is 1440. The van der Waals surface area contributed by atoms with Gasteiger partial charge in [-0.15, -0.1) is 0 Å². The minimum Gasteiger partial charge on any atom is -0.491 e. The third-order valence-electron chi connectivity index (χ3n) is 6.42. The number of carbonyl (C=O) groups excluding carboxylic acids is 3. The van der Waals surface area contributed by atoms with Crippen LogP contribution >= 0.6 is 0 Å². The molecule has 12 heteroatoms. The fraction of sp³-hybridized carbons (Fsp3) is 0.250. The number of nitrogens with one attached hydrogen (secondary N) is 5. The van der Waals surface area contributed by atoms with E-state index in [2.05, 4.69) is 36.6 Å². The molecule has 0 fully saturated rings. The van der Waals surface area contributed by atoms with Crippen LogP contribution in [0.4, 0.5) is 33.5 Å². The van der Waals surface area contributed by atoms with E-state index < -0.39 is 6.03 Å². The van der Waals surface area contributed by atoms with Gasteiger partial charge < -0.3 is 36.2 Å². The molecule has 2 bridgehead atoms. The lowest BCUT2D eigenvalue weighted by Crippen LogP contribution is -2.29. The molecule has 0 unspecified atom stereocenters. The maximum atomic E-state index is 12.8. The van der Waals surface area contributed by atoms with Crippen molar-refractivity contribution in [2.45, 2.75) is 19.3 Å². The molecular formula is C28H30N8O4. The van der Waals surface area contributed by atoms with Gasteiger partial charge >= 0.3 is 6.03 Å². The monoisotopic (exact) mass is 542 g/mol. The quantitative estimate of drug-likeness (QED) is 0.327. The molecule has 0 aliphatic carbocycles. The summed E-state index contributed by atoms with van der Waals surface area (Å²) in [7, 11) is 1.77. The smallest absolute Gasteiger partial charge is 0.323 e. The molecule has 5 N–H and O–H groups in total. The van der Waals surface area contributed by atoms with Gasteiger partial charge in [0.2, 0.25) is 5.91 Å². The van der Waals surface area contributed by atoms with Crippen LogP contribution in [0.3, 0.4) is 0 Å². The van der Waals surface area contributed by atoms with Gasteiger partial charge in [0, 0.05) is 50.2 Å². The first-order valence-corrected chi connectivity index (χ1v) is 13.0. The van der Waals surface area contributed by atoms with E-state index in [-0.39, 0.29) is 18.4 Å². The molecule has 3 heterocycles. The SMILES string of the molecule is CN1CCCNc2ncnc3c2/C(=C/Nc2ccc(NC(=O)Nc4ccccc4)c(c2)OCCCC1=O)C(=O)N3. The largest absolute Gasteiger partial charge is 0.491 e. The number of fused-ring (bicyclic) bond motifs is 2. The van der Waals surface area contributed by atoms with Crippen molar-refractivity contribution < 1.29 is 19.1 Å². The maximum Gasteiger partial charge on any atom is 0.323 e. The first-order chi connectivity index (χ1) is 19.5. The van der Waals surface area contributed by atoms with E-state index in [1.807, 2.05) is 18.2 Å². The van der Waals surface area contributed by atoms with Crippen LogP contribution in [0.2, 0.25) is 0 Å². The van der Waals surface area contributed by atoms with Gasteiger partial charge in [0.25, 0.3) is 5.91 Å². The molecule has 0 atom stereocenters. The van der Waals surface area contributed by atoms with Crippen molar-refractivity contribution in [2.75, 3.05) is 53.3 Å². The first kappa shape index (κ1) is 26.5. The highest BCUT2D eigenvalue weighted by Crippen LogP contribution is 2.35. The number of carbonyl (C=O) groups is 3. The molecule has 3 aromatic rings. The van der Waals surface area contributed by atoms with Gasteiger partial charge in [-0.25, -0.2) is 14.8 Å². The summed E-state index contributed by atoms with van der Waals surface area (Å²) < 4.78 is 6.02. The molecule has 4 amide bonds. The Labute approximate surface area is 231 Å². The summed E-state index contributed by atoms with van der Waals surface area (Å²) in [4.78, 5) is 48.2. The van der Waals surface area contributed by atoms with Gasteiger partial charge in [0.05, 0.1) is 23.4 Å². The number of nitrogens with zero attached hydrogens (tertiary/aromatic N) is 3. The highest BCUT2D eigenvalue weighted by atomic mass is 16.5. The topological polar surface area (TPSA) is 150 Å². The van der Waals surface area contributed by atoms with E-state index in [0.717, 1.165) is 0 Å². The summed E-state index contributed by atoms with van der Waals surface area (Å²) in [6.07, 6.45) is 4.52. The number of hydrogen-bond donors (Lipinski definition) is 5. The molecule has 1 aromatic heterocycles. The van der Waals surface area contributed by atoms with Gasteiger partial charge in [0.15, 0.2) is 0 Å². The van der Waals surface area contributed by atoms with Crippen LogP contribution in [0.5, 0.6) is 5.75 Å². The van der Waals surface area contributed by atoms with E-state index in [1.165, 1.54) is 6.33 Å². The highest BCUT2D eigenvalue weighted by molar-refractivity contribution is 6.32. The Morgan fingerprint density at radius 3 is 2.70 bits per heavy atom. The van der Waals surface area contributed by atoms with Crippen molar-refractivity contribution in [3.8, 4) is 5.75 Å². The third kappa shape index (κ3) is 6.29. The van der Waals surface area contributed by atoms with Gasteiger partial charge in [0.1, 0.15) is 23.7 Å². The predicted molar refractivity (Wildman–Crippen MR) is 153 cm³/mol. The molecule has 0 saturated carbocycles. The van der Waals surface area contributed by atoms with Crippen LogP contribution in [0, 0.1) is 0 Å². The zero-order valence-corrected chi connectivity index (χ0v) is 22.0. The normalized spacial score (nSPS) is 16.9. The zero-order chi connectivity index (χ0) is 27.9. The molecule has 40 heavy (non-hydrogen) atoms. The Hall–Kier alpha value is -5.13. The lowest BCUT2D eigenvalue weighted by molar-refractivity contribution is -0.130. The average molecular weight is 543 g/mol. The van der Waals surface area contributed by atoms with E-state index >= 15 is 0 Å². The number of hydrogen-bond acceptors (Lipinski definition) is 8. The van der Waals surface area contributed by atoms with Crippen molar-refractivity contribution in [2.24, 2.45) is 0 Å². The molecule has 2 aliphatic rings. The molecule has 2 aromatic carbocycles. The van der Waals surface area contributed by atoms with Crippen LogP contribution in [0.1, 0.15) is 24.8 Å². The van der Waals surface area contributed by atoms with Crippen molar-refractivity contribution in [3.05, 3.63) is 66.6 Å². The van der Waals surface area contributed by atoms with Crippen molar-refractivity contribution >= 4 is 52.1 Å². The molecule has 206 valence electrons. The highest BCUT2D eigenvalue weighted by Gasteiger charge is 2.29. The second-order valence-electron chi connectivity index (χ2n) is 9.31. The second kappa shape index (κ2) is 12.2. The molecule has 12 nitrogen and oxygen atoms in total. The van der Waals surface area contributed by atoms with Gasteiger partial charge in [-0.2, -0.15) is 0 Å². The minimum atomic E-state index is -0.426. The van der Waals surface area contributed by atoms with Gasteiger partial charge in [-0.05, 0) is 37.1 Å². The molecule has 5 rings (SSSR count). The minimum absolute atomic E-state index is 0.0173. The van der Waals surface area contributed by atoms with E-state index in [4.69, 9.17) is 4.74 Å². The molecule has 0 saturated heterocycles. The Morgan fingerprint density at radius 1 is 1.02 bits per heavy atom. The molecule has 0 spiro atoms. The van der Waals surface area contributed by atoms with Crippen LogP contribution in [0.25, 0.3) is 5.57 Å². The Balaban J connectivity index is 1.42. The number of benzene rings is 2. The summed E-state index contributed by atoms with van der Waals surface area (Å²) in [6, 6.07) is 13.9. The van der Waals surface area contributed by atoms with E-state index in [9.17, 15) is 14.4 Å². The fourth-order valence-corrected chi connectivity index (χ4v) is 4.34. The van der Waals surface area contributed by atoms with E-state index in [0.29, 0.717) is 77.9 Å². The van der Waals surface area contributed by atoms with Crippen molar-refractivity contribution in [3.63, 3.8) is 0 Å². The number of urea groups is 1. The average Bonchev–Trinajstić information content (AvgIpc) is 3.28. The molecule has 0 radical (unpaired) electrons. The number of rotatable bonds is 2. The summed E-state index contributed by atoms with van der Waals surface area (Å²) in [5.41, 5.74) is 2.67. The maximum absolute atomic E-state index is 12.8. The number of ether oxygens (including phenoxy) is 1. The zero-order valence-electron chi connectivity index (χ0n) is 22.0. The number of amides is 4. The van der Waals surface area contributed by atoms with Crippen LogP contribution < -0.4 is 31.3 Å². The van der Waals surface area contributed by atoms with E-state index in [1.54, 1.807) is 48.5 Å². The lowest BCUT2D eigenvalue weighted by Gasteiger charge is -2.18. The van der Waals surface area contributed by atoms with Gasteiger partial charge in [-0.1, -0.05) is 18.2 Å². The van der Waals surface area contributed by atoms with Crippen molar-refractivity contribution in [1.29, 1.82) is 0 Å². The van der Waals surface area contributed by atoms with Crippen molar-refractivity contribution in [1.82, 2.24) is 14.9 Å². The fourth-order valence-electron chi connectivity index (χ4n) is 4.34. The number of anilines is 5. The Kier molecular flexibility index (Phi) is 8.05. The Morgan fingerprint density at radius 2 is 1.85 bits per heavy atom. The summed E-state index contributed by atoms with van der Waals surface area (Å²) >= 11 is 0. The lowest BCUT2D eigenvalue weighted by atomic mass is 10.1. The molecule has 2 aliphatic heterocycles. The summed E-state index contributed by atoms with van der Waals surface area (Å²) in [5.74, 6) is 1.07. The van der Waals surface area contributed by atoms with Crippen LogP contribution in [0.15, 0.2) is 61.1 Å². The standard InChI is InChI=1S/C28H30N8O4/c1-36-13-6-12-29-25-24-20(27(38)35-26(24)32-17-31-25)16-30-19-10-11-21(22(15-19)40-14-5-9-23(36)37)34-28(39)33-18-7-3-2-4-8-18/h2-4,7-8,10-11,15-17,30H,5-6,9,12-14H2,1H3,(H2,33,34,39)(H2,29,31,32,35,38)/b20-16-. The van der Waals surface area contributed by atoms with Gasteiger partial charge in [-0.3, -0.25) is 9.59 Å². The third-order valence-corrected chi connectivity index (χ3v) is 6.42. The summed E-state index contributed by atoms with van der Waals surface area (Å²) in [5, 5.41) is 14.8. The number of aromatic nitrogens is 2. The molecular weight excluding hydrogens is 512 g/mol. The van der Waals surface area contributed by atoms with Crippen LogP contribution in [-0.2, 0) is 9.59 Å². The summed E-state index contributed by atoms with van der Waals surface area (Å²) in [6.45, 7) is 1.40. The predicted octanol–water partition coefficient (Wildman–Crippen LogP) is 3.96.